The van der Waals surface area contributed by atoms with Gasteiger partial charge in [-0.15, -0.1) is 0 Å². The number of rotatable bonds is 38. The lowest BCUT2D eigenvalue weighted by molar-refractivity contribution is -0.123. The molecule has 4 nitrogen and oxygen atoms in total. The zero-order valence-electron chi connectivity index (χ0n) is 31.8. The third kappa shape index (κ3) is 36.0. The smallest absolute Gasteiger partial charge is 0.220 e. The predicted molar refractivity (Wildman–Crippen MR) is 207 cm³/mol. The maximum Gasteiger partial charge on any atom is 0.220 e. The van der Waals surface area contributed by atoms with E-state index in [-0.39, 0.29) is 12.5 Å². The second kappa shape index (κ2) is 39.3. The van der Waals surface area contributed by atoms with E-state index in [4.69, 9.17) is 0 Å². The highest BCUT2D eigenvalue weighted by Gasteiger charge is 2.19. The molecule has 0 rings (SSSR count). The highest BCUT2D eigenvalue weighted by Crippen LogP contribution is 2.15. The van der Waals surface area contributed by atoms with Crippen LogP contribution in [0.5, 0.6) is 0 Å². The summed E-state index contributed by atoms with van der Waals surface area (Å²) in [5, 5.41) is 22.8. The highest BCUT2D eigenvalue weighted by molar-refractivity contribution is 5.76. The number of allylic oxidation sites excluding steroid dienone is 4. The standard InChI is InChI=1S/C43H83NO3/c1-3-5-7-9-11-12-13-14-15-16-17-18-19-20-21-22-23-24-25-26-27-28-29-30-31-32-33-35-37-39-43(47)44-41(40-45)42(46)38-36-34-10-8-6-4-2/h13-14,16-17,41-42,45-46H,3-12,15,18-40H2,1-2H3,(H,44,47)/b14-13-,17-16-. The van der Waals surface area contributed by atoms with Crippen LogP contribution in [0.3, 0.4) is 0 Å². The van der Waals surface area contributed by atoms with Crippen LogP contribution >= 0.6 is 0 Å². The first kappa shape index (κ1) is 45.9. The van der Waals surface area contributed by atoms with E-state index < -0.39 is 12.1 Å². The van der Waals surface area contributed by atoms with E-state index in [1.165, 1.54) is 167 Å². The topological polar surface area (TPSA) is 69.6 Å². The SMILES string of the molecule is CCCCCCC/C=C\C/C=C\CCCCCCCCCCCCCCCCCCCC(=O)NC(CO)C(O)CCCCCCCC. The third-order valence-electron chi connectivity index (χ3n) is 9.72. The summed E-state index contributed by atoms with van der Waals surface area (Å²) in [5.41, 5.74) is 0. The average Bonchev–Trinajstić information content (AvgIpc) is 3.07. The van der Waals surface area contributed by atoms with Gasteiger partial charge in [-0.1, -0.05) is 199 Å². The first-order valence-corrected chi connectivity index (χ1v) is 21.0. The Morgan fingerprint density at radius 2 is 0.872 bits per heavy atom. The van der Waals surface area contributed by atoms with Crippen molar-refractivity contribution in [2.45, 2.75) is 238 Å². The summed E-state index contributed by atoms with van der Waals surface area (Å²) >= 11 is 0. The van der Waals surface area contributed by atoms with Crippen LogP contribution in [-0.2, 0) is 4.79 Å². The molecule has 0 radical (unpaired) electrons. The maximum absolute atomic E-state index is 12.3. The minimum Gasteiger partial charge on any atom is -0.394 e. The number of nitrogens with one attached hydrogen (secondary N) is 1. The van der Waals surface area contributed by atoms with Gasteiger partial charge in [-0.25, -0.2) is 0 Å². The molecular formula is C43H83NO3. The van der Waals surface area contributed by atoms with Gasteiger partial charge in [-0.2, -0.15) is 0 Å². The Balaban J connectivity index is 3.38. The monoisotopic (exact) mass is 662 g/mol. The minimum absolute atomic E-state index is 0.0353. The molecule has 0 saturated carbocycles. The molecule has 0 aromatic heterocycles. The normalized spacial score (nSPS) is 13.2. The van der Waals surface area contributed by atoms with Crippen LogP contribution in [0, 0.1) is 0 Å². The van der Waals surface area contributed by atoms with Crippen LogP contribution < -0.4 is 5.32 Å². The number of hydrogen-bond donors (Lipinski definition) is 3. The number of aliphatic hydroxyl groups is 2. The summed E-state index contributed by atoms with van der Waals surface area (Å²) in [6.07, 6.45) is 50.0. The van der Waals surface area contributed by atoms with Crippen molar-refractivity contribution >= 4 is 5.91 Å². The van der Waals surface area contributed by atoms with Crippen molar-refractivity contribution in [1.29, 1.82) is 0 Å². The van der Waals surface area contributed by atoms with E-state index in [0.29, 0.717) is 12.8 Å². The number of unbranched alkanes of at least 4 members (excludes halogenated alkanes) is 27. The average molecular weight is 662 g/mol. The molecule has 0 aromatic rings. The Labute approximate surface area is 294 Å². The molecule has 0 aliphatic carbocycles. The number of aliphatic hydroxyl groups excluding tert-OH is 2. The Morgan fingerprint density at radius 1 is 0.511 bits per heavy atom. The van der Waals surface area contributed by atoms with Crippen LogP contribution in [0.4, 0.5) is 0 Å². The van der Waals surface area contributed by atoms with Gasteiger partial charge in [0.05, 0.1) is 18.8 Å². The summed E-state index contributed by atoms with van der Waals surface area (Å²) in [6, 6.07) is -0.529. The lowest BCUT2D eigenvalue weighted by Crippen LogP contribution is -2.45. The summed E-state index contributed by atoms with van der Waals surface area (Å²) < 4.78 is 0. The fourth-order valence-corrected chi connectivity index (χ4v) is 6.45. The molecule has 4 heteroatoms. The van der Waals surface area contributed by atoms with Crippen molar-refractivity contribution in [3.8, 4) is 0 Å². The molecule has 47 heavy (non-hydrogen) atoms. The Morgan fingerprint density at radius 3 is 1.28 bits per heavy atom. The molecule has 3 N–H and O–H groups in total. The Kier molecular flexibility index (Phi) is 38.4. The summed E-state index contributed by atoms with van der Waals surface area (Å²) in [5.74, 6) is -0.0353. The number of hydrogen-bond acceptors (Lipinski definition) is 3. The van der Waals surface area contributed by atoms with E-state index in [1.54, 1.807) is 0 Å². The number of amides is 1. The van der Waals surface area contributed by atoms with Gasteiger partial charge in [-0.05, 0) is 44.9 Å². The van der Waals surface area contributed by atoms with Gasteiger partial charge >= 0.3 is 0 Å². The van der Waals surface area contributed by atoms with Crippen molar-refractivity contribution in [3.63, 3.8) is 0 Å². The predicted octanol–water partition coefficient (Wildman–Crippen LogP) is 12.8. The summed E-state index contributed by atoms with van der Waals surface area (Å²) in [4.78, 5) is 12.3. The summed E-state index contributed by atoms with van der Waals surface area (Å²) in [7, 11) is 0. The second-order valence-electron chi connectivity index (χ2n) is 14.4. The van der Waals surface area contributed by atoms with E-state index >= 15 is 0 Å². The van der Waals surface area contributed by atoms with Crippen LogP contribution in [0.25, 0.3) is 0 Å². The van der Waals surface area contributed by atoms with Crippen molar-refractivity contribution in [1.82, 2.24) is 5.32 Å². The van der Waals surface area contributed by atoms with E-state index in [0.717, 1.165) is 32.1 Å². The molecule has 0 aliphatic rings. The molecule has 2 unspecified atom stereocenters. The molecule has 278 valence electrons. The Hall–Kier alpha value is -1.13. The van der Waals surface area contributed by atoms with Crippen molar-refractivity contribution in [3.05, 3.63) is 24.3 Å². The first-order valence-electron chi connectivity index (χ1n) is 21.0. The quantitative estimate of drug-likeness (QED) is 0.0455. The zero-order chi connectivity index (χ0) is 34.3. The molecule has 0 aromatic carbocycles. The molecule has 0 saturated heterocycles. The molecule has 1 amide bonds. The van der Waals surface area contributed by atoms with E-state index in [2.05, 4.69) is 43.5 Å². The van der Waals surface area contributed by atoms with Crippen LogP contribution in [0.2, 0.25) is 0 Å². The van der Waals surface area contributed by atoms with Crippen molar-refractivity contribution < 1.29 is 15.0 Å². The Bertz CT molecular complexity index is 676. The van der Waals surface area contributed by atoms with Crippen molar-refractivity contribution in [2.75, 3.05) is 6.61 Å². The largest absolute Gasteiger partial charge is 0.394 e. The molecule has 0 heterocycles. The molecule has 0 spiro atoms. The van der Waals surface area contributed by atoms with Gasteiger partial charge in [-0.3, -0.25) is 4.79 Å². The maximum atomic E-state index is 12.3. The summed E-state index contributed by atoms with van der Waals surface area (Å²) in [6.45, 7) is 4.29. The lowest BCUT2D eigenvalue weighted by atomic mass is 10.0. The van der Waals surface area contributed by atoms with Gasteiger partial charge in [0.25, 0.3) is 0 Å². The second-order valence-corrected chi connectivity index (χ2v) is 14.4. The molecule has 0 aliphatic heterocycles. The lowest BCUT2D eigenvalue weighted by Gasteiger charge is -2.22. The fraction of sp³-hybridized carbons (Fsp3) is 0.884. The molecule has 0 bridgehead atoms. The van der Waals surface area contributed by atoms with Gasteiger partial charge in [0.1, 0.15) is 0 Å². The van der Waals surface area contributed by atoms with E-state index in [1.807, 2.05) is 0 Å². The highest BCUT2D eigenvalue weighted by atomic mass is 16.3. The molecule has 0 fully saturated rings. The number of carbonyl (C=O) groups excluding carboxylic acids is 1. The number of carbonyl (C=O) groups is 1. The minimum atomic E-state index is -0.652. The van der Waals surface area contributed by atoms with E-state index in [9.17, 15) is 15.0 Å². The van der Waals surface area contributed by atoms with Gasteiger partial charge in [0, 0.05) is 6.42 Å². The van der Waals surface area contributed by atoms with Gasteiger partial charge in [0.2, 0.25) is 5.91 Å². The van der Waals surface area contributed by atoms with Crippen LogP contribution in [-0.4, -0.2) is 34.9 Å². The van der Waals surface area contributed by atoms with Gasteiger partial charge < -0.3 is 15.5 Å². The fourth-order valence-electron chi connectivity index (χ4n) is 6.45. The van der Waals surface area contributed by atoms with Crippen molar-refractivity contribution in [2.24, 2.45) is 0 Å². The van der Waals surface area contributed by atoms with Gasteiger partial charge in [0.15, 0.2) is 0 Å². The molecular weight excluding hydrogens is 578 g/mol. The van der Waals surface area contributed by atoms with Crippen LogP contribution in [0.1, 0.15) is 226 Å². The molecule has 2 atom stereocenters. The van der Waals surface area contributed by atoms with Crippen LogP contribution in [0.15, 0.2) is 24.3 Å². The zero-order valence-corrected chi connectivity index (χ0v) is 31.8. The first-order chi connectivity index (χ1) is 23.2. The third-order valence-corrected chi connectivity index (χ3v) is 9.72.